The van der Waals surface area contributed by atoms with Crippen molar-refractivity contribution in [2.75, 3.05) is 18.5 Å². The van der Waals surface area contributed by atoms with Crippen LogP contribution in [0.1, 0.15) is 25.7 Å². The van der Waals surface area contributed by atoms with E-state index in [1.807, 2.05) is 7.05 Å². The van der Waals surface area contributed by atoms with Crippen molar-refractivity contribution in [3.05, 3.63) is 29.8 Å². The fourth-order valence-electron chi connectivity index (χ4n) is 2.63. The topological polar surface area (TPSA) is 29.3 Å². The van der Waals surface area contributed by atoms with Crippen molar-refractivity contribution in [3.8, 4) is 0 Å². The van der Waals surface area contributed by atoms with Gasteiger partial charge in [-0.05, 0) is 43.7 Å². The molecule has 2 rings (SSSR count). The third-order valence-corrected chi connectivity index (χ3v) is 3.74. The van der Waals surface area contributed by atoms with Crippen LogP contribution < -0.4 is 10.6 Å². The molecule has 0 aromatic heterocycles. The maximum atomic E-state index is 13.6. The third kappa shape index (κ3) is 3.19. The number of nitrogens with two attached hydrogens (primary N) is 1. The smallest absolute Gasteiger partial charge is 0.146 e. The van der Waals surface area contributed by atoms with Gasteiger partial charge in [-0.25, -0.2) is 8.78 Å². The van der Waals surface area contributed by atoms with E-state index in [9.17, 15) is 8.78 Å². The Morgan fingerprint density at radius 3 is 2.56 bits per heavy atom. The van der Waals surface area contributed by atoms with E-state index in [-0.39, 0.29) is 5.82 Å². The number of hydrogen-bond acceptors (Lipinski definition) is 2. The number of benzene rings is 1. The van der Waals surface area contributed by atoms with Gasteiger partial charge in [0.15, 0.2) is 0 Å². The fraction of sp³-hybridized carbons (Fsp3) is 0.571. The van der Waals surface area contributed by atoms with Crippen molar-refractivity contribution < 1.29 is 8.78 Å². The van der Waals surface area contributed by atoms with Crippen LogP contribution in [0.4, 0.5) is 14.5 Å². The molecule has 2 N–H and O–H groups in total. The van der Waals surface area contributed by atoms with Crippen molar-refractivity contribution in [3.63, 3.8) is 0 Å². The second-order valence-corrected chi connectivity index (χ2v) is 5.26. The number of anilines is 1. The summed E-state index contributed by atoms with van der Waals surface area (Å²) in [5.41, 5.74) is 6.20. The van der Waals surface area contributed by atoms with E-state index in [1.54, 1.807) is 4.90 Å². The summed E-state index contributed by atoms with van der Waals surface area (Å²) in [5.74, 6) is -0.243. The summed E-state index contributed by atoms with van der Waals surface area (Å²) in [4.78, 5) is 1.81. The first-order chi connectivity index (χ1) is 8.56. The van der Waals surface area contributed by atoms with Crippen molar-refractivity contribution in [2.45, 2.75) is 31.7 Å². The van der Waals surface area contributed by atoms with Crippen molar-refractivity contribution in [2.24, 2.45) is 11.7 Å². The maximum absolute atomic E-state index is 13.6. The zero-order valence-electron chi connectivity index (χ0n) is 10.7. The minimum Gasteiger partial charge on any atom is -0.372 e. The molecule has 2 nitrogen and oxygen atoms in total. The Bertz CT molecular complexity index is 401. The summed E-state index contributed by atoms with van der Waals surface area (Å²) in [6.07, 6.45) is 4.21. The van der Waals surface area contributed by atoms with E-state index >= 15 is 0 Å². The summed E-state index contributed by atoms with van der Waals surface area (Å²) in [7, 11) is 1.81. The van der Waals surface area contributed by atoms with E-state index in [2.05, 4.69) is 0 Å². The first kappa shape index (κ1) is 13.3. The van der Waals surface area contributed by atoms with Gasteiger partial charge in [-0.2, -0.15) is 0 Å². The highest BCUT2D eigenvalue weighted by atomic mass is 19.1. The lowest BCUT2D eigenvalue weighted by molar-refractivity contribution is 0.329. The molecule has 0 atom stereocenters. The molecule has 0 spiro atoms. The number of rotatable bonds is 3. The highest BCUT2D eigenvalue weighted by Gasteiger charge is 2.20. The SMILES string of the molecule is CN(CC1CCC(N)CC1)c1cc(F)ccc1F. The summed E-state index contributed by atoms with van der Waals surface area (Å²) in [5, 5.41) is 0. The van der Waals surface area contributed by atoms with Gasteiger partial charge in [0.2, 0.25) is 0 Å². The summed E-state index contributed by atoms with van der Waals surface area (Å²) < 4.78 is 26.7. The highest BCUT2D eigenvalue weighted by Crippen LogP contribution is 2.26. The first-order valence-corrected chi connectivity index (χ1v) is 6.48. The molecule has 0 amide bonds. The van der Waals surface area contributed by atoms with E-state index in [1.165, 1.54) is 12.1 Å². The van der Waals surface area contributed by atoms with Crippen LogP contribution in [0, 0.1) is 17.6 Å². The molecule has 0 aliphatic heterocycles. The summed E-state index contributed by atoms with van der Waals surface area (Å²) >= 11 is 0. The first-order valence-electron chi connectivity index (χ1n) is 6.48. The van der Waals surface area contributed by atoms with Crippen LogP contribution in [0.25, 0.3) is 0 Å². The molecule has 100 valence electrons. The zero-order valence-corrected chi connectivity index (χ0v) is 10.7. The molecule has 1 aliphatic carbocycles. The number of hydrogen-bond donors (Lipinski definition) is 1. The molecule has 4 heteroatoms. The summed E-state index contributed by atoms with van der Waals surface area (Å²) in [6.45, 7) is 0.757. The molecular formula is C14H20F2N2. The molecule has 1 aliphatic rings. The van der Waals surface area contributed by atoms with E-state index in [0.29, 0.717) is 17.6 Å². The molecule has 1 fully saturated rings. The standard InChI is InChI=1S/C14H20F2N2/c1-18(9-10-2-5-12(17)6-3-10)14-8-11(15)4-7-13(14)16/h4,7-8,10,12H,2-3,5-6,9,17H2,1H3. The quantitative estimate of drug-likeness (QED) is 0.898. The van der Waals surface area contributed by atoms with E-state index < -0.39 is 5.82 Å². The molecule has 0 radical (unpaired) electrons. The van der Waals surface area contributed by atoms with Gasteiger partial charge in [-0.3, -0.25) is 0 Å². The normalized spacial score (nSPS) is 24.0. The largest absolute Gasteiger partial charge is 0.372 e. The van der Waals surface area contributed by atoms with Crippen molar-refractivity contribution in [1.29, 1.82) is 0 Å². The van der Waals surface area contributed by atoms with Gasteiger partial charge in [-0.15, -0.1) is 0 Å². The van der Waals surface area contributed by atoms with E-state index in [4.69, 9.17) is 5.73 Å². The lowest BCUT2D eigenvalue weighted by Crippen LogP contribution is -2.33. The van der Waals surface area contributed by atoms with Gasteiger partial charge in [-0.1, -0.05) is 0 Å². The van der Waals surface area contributed by atoms with Crippen LogP contribution in [0.5, 0.6) is 0 Å². The number of halogens is 2. The highest BCUT2D eigenvalue weighted by molar-refractivity contribution is 5.47. The molecule has 0 bridgehead atoms. The van der Waals surface area contributed by atoms with Crippen molar-refractivity contribution >= 4 is 5.69 Å². The Labute approximate surface area is 107 Å². The van der Waals surface area contributed by atoms with Gasteiger partial charge >= 0.3 is 0 Å². The molecule has 0 unspecified atom stereocenters. The predicted octanol–water partition coefficient (Wildman–Crippen LogP) is 2.92. The van der Waals surface area contributed by atoms with Gasteiger partial charge in [0.1, 0.15) is 11.6 Å². The summed E-state index contributed by atoms with van der Waals surface area (Å²) in [6, 6.07) is 3.89. The Kier molecular flexibility index (Phi) is 4.17. The van der Waals surface area contributed by atoms with Gasteiger partial charge < -0.3 is 10.6 Å². The molecular weight excluding hydrogens is 234 g/mol. The Hall–Kier alpha value is -1.16. The minimum atomic E-state index is -0.399. The van der Waals surface area contributed by atoms with Crippen molar-refractivity contribution in [1.82, 2.24) is 0 Å². The van der Waals surface area contributed by atoms with Gasteiger partial charge in [0.05, 0.1) is 5.69 Å². The fourth-order valence-corrected chi connectivity index (χ4v) is 2.63. The van der Waals surface area contributed by atoms with Crippen LogP contribution in [-0.4, -0.2) is 19.6 Å². The maximum Gasteiger partial charge on any atom is 0.146 e. The Morgan fingerprint density at radius 2 is 1.89 bits per heavy atom. The Morgan fingerprint density at radius 1 is 1.22 bits per heavy atom. The molecule has 0 saturated heterocycles. The second kappa shape index (κ2) is 5.65. The molecule has 1 aromatic carbocycles. The van der Waals surface area contributed by atoms with Gasteiger partial charge in [0.25, 0.3) is 0 Å². The minimum absolute atomic E-state index is 0.317. The second-order valence-electron chi connectivity index (χ2n) is 5.26. The van der Waals surface area contributed by atoms with Crippen LogP contribution in [0.15, 0.2) is 18.2 Å². The lowest BCUT2D eigenvalue weighted by atomic mass is 9.86. The third-order valence-electron chi connectivity index (χ3n) is 3.74. The molecule has 1 saturated carbocycles. The lowest BCUT2D eigenvalue weighted by Gasteiger charge is -2.30. The van der Waals surface area contributed by atoms with Crippen LogP contribution >= 0.6 is 0 Å². The van der Waals surface area contributed by atoms with Crippen LogP contribution in [0.3, 0.4) is 0 Å². The average Bonchev–Trinajstić information content (AvgIpc) is 2.35. The molecule has 1 aromatic rings. The van der Waals surface area contributed by atoms with Gasteiger partial charge in [0, 0.05) is 25.7 Å². The molecule has 0 heterocycles. The average molecular weight is 254 g/mol. The van der Waals surface area contributed by atoms with Crippen LogP contribution in [0.2, 0.25) is 0 Å². The van der Waals surface area contributed by atoms with Crippen LogP contribution in [-0.2, 0) is 0 Å². The monoisotopic (exact) mass is 254 g/mol. The number of nitrogens with zero attached hydrogens (tertiary/aromatic N) is 1. The van der Waals surface area contributed by atoms with E-state index in [0.717, 1.165) is 38.3 Å². The zero-order chi connectivity index (χ0) is 13.1. The molecule has 18 heavy (non-hydrogen) atoms. The Balaban J connectivity index is 1.98. The predicted molar refractivity (Wildman–Crippen MR) is 69.6 cm³/mol.